The van der Waals surface area contributed by atoms with Gasteiger partial charge in [0.25, 0.3) is 0 Å². The summed E-state index contributed by atoms with van der Waals surface area (Å²) >= 11 is 0. The van der Waals surface area contributed by atoms with Gasteiger partial charge in [-0.3, -0.25) is 14.9 Å². The minimum atomic E-state index is 0.157. The van der Waals surface area contributed by atoms with Gasteiger partial charge in [0.05, 0.1) is 31.2 Å². The van der Waals surface area contributed by atoms with Gasteiger partial charge in [0, 0.05) is 60.4 Å². The Labute approximate surface area is 222 Å². The SMILES string of the molecule is Cc1cc(Nc2nc(N[C@H]3C[C@@H]4CCC5(CC#N)C[C@H](C3)N45)nc3cc(CN4CCOCC4)ccc23)n[nH]1. The van der Waals surface area contributed by atoms with Crippen LogP contribution in [0.5, 0.6) is 0 Å². The van der Waals surface area contributed by atoms with Crippen LogP contribution < -0.4 is 10.6 Å². The summed E-state index contributed by atoms with van der Waals surface area (Å²) in [4.78, 5) is 15.0. The number of anilines is 3. The number of aromatic nitrogens is 4. The van der Waals surface area contributed by atoms with Crippen LogP contribution in [-0.2, 0) is 11.3 Å². The van der Waals surface area contributed by atoms with Crippen LogP contribution >= 0.6 is 0 Å². The second kappa shape index (κ2) is 9.49. The molecule has 0 spiro atoms. The van der Waals surface area contributed by atoms with Crippen molar-refractivity contribution in [1.29, 1.82) is 5.26 Å². The normalized spacial score (nSPS) is 29.0. The molecule has 38 heavy (non-hydrogen) atoms. The fourth-order valence-electron chi connectivity index (χ4n) is 7.34. The lowest BCUT2D eigenvalue weighted by Gasteiger charge is -2.59. The molecule has 0 saturated carbocycles. The van der Waals surface area contributed by atoms with Crippen molar-refractivity contribution in [2.75, 3.05) is 36.9 Å². The zero-order chi connectivity index (χ0) is 25.7. The number of H-pyrrole nitrogens is 1. The topological polar surface area (TPSA) is 118 Å². The van der Waals surface area contributed by atoms with Crippen LogP contribution in [0.25, 0.3) is 10.9 Å². The fourth-order valence-corrected chi connectivity index (χ4v) is 7.34. The van der Waals surface area contributed by atoms with Gasteiger partial charge in [-0.15, -0.1) is 0 Å². The average Bonchev–Trinajstić information content (AvgIpc) is 3.45. The first-order valence-corrected chi connectivity index (χ1v) is 13.9. The average molecular weight is 514 g/mol. The van der Waals surface area contributed by atoms with Crippen LogP contribution in [0.15, 0.2) is 24.3 Å². The summed E-state index contributed by atoms with van der Waals surface area (Å²) in [6, 6.07) is 12.4. The van der Waals surface area contributed by atoms with E-state index in [1.165, 1.54) is 12.0 Å². The molecule has 4 atom stereocenters. The summed E-state index contributed by atoms with van der Waals surface area (Å²) in [6.07, 6.45) is 6.30. The molecule has 1 unspecified atom stereocenters. The Morgan fingerprint density at radius 2 is 2.05 bits per heavy atom. The summed E-state index contributed by atoms with van der Waals surface area (Å²) < 4.78 is 5.52. The second-order valence-corrected chi connectivity index (χ2v) is 11.5. The molecule has 3 N–H and O–H groups in total. The molecule has 10 nitrogen and oxygen atoms in total. The van der Waals surface area contributed by atoms with Crippen molar-refractivity contribution in [2.24, 2.45) is 0 Å². The molecular formula is C28H35N9O. The third-order valence-electron chi connectivity index (χ3n) is 8.97. The summed E-state index contributed by atoms with van der Waals surface area (Å²) in [7, 11) is 0. The van der Waals surface area contributed by atoms with Gasteiger partial charge in [-0.05, 0) is 56.7 Å². The van der Waals surface area contributed by atoms with Crippen LogP contribution in [0.4, 0.5) is 17.6 Å². The predicted molar refractivity (Wildman–Crippen MR) is 145 cm³/mol. The number of morpholine rings is 1. The molecule has 10 heteroatoms. The van der Waals surface area contributed by atoms with Crippen LogP contribution in [0.1, 0.15) is 49.8 Å². The molecule has 3 aromatic rings. The molecule has 4 aliphatic heterocycles. The first kappa shape index (κ1) is 23.8. The Bertz CT molecular complexity index is 1380. The van der Waals surface area contributed by atoms with Gasteiger partial charge in [-0.25, -0.2) is 4.98 Å². The van der Waals surface area contributed by atoms with Crippen molar-refractivity contribution in [3.8, 4) is 6.07 Å². The molecule has 6 heterocycles. The molecule has 4 aliphatic rings. The summed E-state index contributed by atoms with van der Waals surface area (Å²) in [5.74, 6) is 2.17. The maximum Gasteiger partial charge on any atom is 0.225 e. The van der Waals surface area contributed by atoms with Gasteiger partial charge >= 0.3 is 0 Å². The van der Waals surface area contributed by atoms with E-state index in [1.54, 1.807) is 0 Å². The van der Waals surface area contributed by atoms with Gasteiger partial charge in [0.1, 0.15) is 5.82 Å². The zero-order valence-corrected chi connectivity index (χ0v) is 21.9. The molecule has 1 aromatic carbocycles. The summed E-state index contributed by atoms with van der Waals surface area (Å²) in [5, 5.41) is 24.8. The highest BCUT2D eigenvalue weighted by molar-refractivity contribution is 5.92. The number of nitrogens with one attached hydrogen (secondary N) is 3. The van der Waals surface area contributed by atoms with Gasteiger partial charge in [0.15, 0.2) is 5.82 Å². The molecular weight excluding hydrogens is 478 g/mol. The number of ether oxygens (including phenoxy) is 1. The van der Waals surface area contributed by atoms with Crippen LogP contribution in [0.3, 0.4) is 0 Å². The van der Waals surface area contributed by atoms with Gasteiger partial charge in [-0.1, -0.05) is 6.07 Å². The quantitative estimate of drug-likeness (QED) is 0.435. The monoisotopic (exact) mass is 513 g/mol. The number of piperidine rings is 1. The molecule has 4 saturated heterocycles. The molecule has 0 bridgehead atoms. The number of nitrogens with zero attached hydrogens (tertiary/aromatic N) is 6. The van der Waals surface area contributed by atoms with Crippen molar-refractivity contribution in [1.82, 2.24) is 30.0 Å². The Kier molecular flexibility index (Phi) is 5.95. The van der Waals surface area contributed by atoms with Gasteiger partial charge in [0.2, 0.25) is 5.95 Å². The van der Waals surface area contributed by atoms with Crippen molar-refractivity contribution >= 4 is 28.5 Å². The number of nitriles is 1. The standard InChI is InChI=1S/C28H35N9O/c1-18-12-25(35-34-18)32-26-23-3-2-19(17-36-8-10-38-11-9-36)13-24(23)31-27(33-26)30-20-14-21-4-5-28(6-7-29)16-22(15-20)37(21)28/h2-3,12-13,20-22H,4-6,8-11,14-17H2,1H3,(H3,30,31,32,33,34,35)/t20-,21-,22-,28?/m0/s1. The second-order valence-electron chi connectivity index (χ2n) is 11.5. The first-order chi connectivity index (χ1) is 18.6. The maximum atomic E-state index is 9.36. The number of aryl methyl sites for hydroxylation is 1. The van der Waals surface area contributed by atoms with Crippen molar-refractivity contribution in [3.63, 3.8) is 0 Å². The Morgan fingerprint density at radius 3 is 2.87 bits per heavy atom. The predicted octanol–water partition coefficient (Wildman–Crippen LogP) is 3.70. The van der Waals surface area contributed by atoms with Crippen LogP contribution in [-0.4, -0.2) is 79.9 Å². The number of benzene rings is 1. The van der Waals surface area contributed by atoms with Crippen molar-refractivity contribution in [3.05, 3.63) is 35.5 Å². The Balaban J connectivity index is 1.15. The Morgan fingerprint density at radius 1 is 1.18 bits per heavy atom. The number of hydrogen-bond donors (Lipinski definition) is 3. The molecule has 2 aromatic heterocycles. The molecule has 7 rings (SSSR count). The van der Waals surface area contributed by atoms with Gasteiger partial charge in [-0.2, -0.15) is 15.3 Å². The highest BCUT2D eigenvalue weighted by Crippen LogP contribution is 2.55. The highest BCUT2D eigenvalue weighted by atomic mass is 16.5. The van der Waals surface area contributed by atoms with E-state index in [0.717, 1.165) is 86.8 Å². The minimum Gasteiger partial charge on any atom is -0.379 e. The van der Waals surface area contributed by atoms with Crippen molar-refractivity contribution < 1.29 is 4.74 Å². The van der Waals surface area contributed by atoms with E-state index in [4.69, 9.17) is 14.7 Å². The third-order valence-corrected chi connectivity index (χ3v) is 8.97. The molecule has 4 fully saturated rings. The molecule has 0 radical (unpaired) electrons. The fraction of sp³-hybridized carbons (Fsp3) is 0.571. The third kappa shape index (κ3) is 4.28. The van der Waals surface area contributed by atoms with E-state index < -0.39 is 0 Å². The van der Waals surface area contributed by atoms with E-state index in [2.05, 4.69) is 54.9 Å². The lowest BCUT2D eigenvalue weighted by atomic mass is 9.72. The van der Waals surface area contributed by atoms with E-state index in [9.17, 15) is 5.26 Å². The number of rotatable bonds is 7. The first-order valence-electron chi connectivity index (χ1n) is 13.9. The Hall–Kier alpha value is -3.26. The molecule has 0 amide bonds. The number of aromatic amines is 1. The number of fused-ring (bicyclic) bond motifs is 1. The molecule has 0 aliphatic carbocycles. The van der Waals surface area contributed by atoms with E-state index in [0.29, 0.717) is 30.5 Å². The number of hydrogen-bond acceptors (Lipinski definition) is 9. The van der Waals surface area contributed by atoms with Gasteiger partial charge < -0.3 is 15.4 Å². The van der Waals surface area contributed by atoms with E-state index in [-0.39, 0.29) is 5.54 Å². The zero-order valence-electron chi connectivity index (χ0n) is 21.9. The maximum absolute atomic E-state index is 9.36. The molecule has 198 valence electrons. The lowest BCUT2D eigenvalue weighted by Crippen LogP contribution is -2.68. The summed E-state index contributed by atoms with van der Waals surface area (Å²) in [5.41, 5.74) is 3.32. The van der Waals surface area contributed by atoms with Crippen LogP contribution in [0, 0.1) is 18.3 Å². The van der Waals surface area contributed by atoms with E-state index >= 15 is 0 Å². The minimum absolute atomic E-state index is 0.157. The van der Waals surface area contributed by atoms with Crippen LogP contribution in [0.2, 0.25) is 0 Å². The highest BCUT2D eigenvalue weighted by Gasteiger charge is 2.60. The largest absolute Gasteiger partial charge is 0.379 e. The lowest BCUT2D eigenvalue weighted by molar-refractivity contribution is -0.0880. The van der Waals surface area contributed by atoms with Crippen molar-refractivity contribution in [2.45, 2.75) is 75.7 Å². The smallest absolute Gasteiger partial charge is 0.225 e. The van der Waals surface area contributed by atoms with E-state index in [1.807, 2.05) is 13.0 Å². The summed E-state index contributed by atoms with van der Waals surface area (Å²) in [6.45, 7) is 6.37.